The summed E-state index contributed by atoms with van der Waals surface area (Å²) in [7, 11) is 0. The molecule has 0 saturated carbocycles. The third-order valence-corrected chi connectivity index (χ3v) is 5.14. The minimum atomic E-state index is -0.166. The zero-order valence-electron chi connectivity index (χ0n) is 14.1. The molecule has 134 valence electrons. The van der Waals surface area contributed by atoms with Crippen LogP contribution in [0.25, 0.3) is 0 Å². The van der Waals surface area contributed by atoms with Crippen molar-refractivity contribution in [1.82, 2.24) is 0 Å². The van der Waals surface area contributed by atoms with Crippen LogP contribution in [0.1, 0.15) is 11.1 Å². The fraction of sp³-hybridized carbons (Fsp3) is 0.350. The van der Waals surface area contributed by atoms with E-state index >= 15 is 0 Å². The van der Waals surface area contributed by atoms with Crippen molar-refractivity contribution in [3.8, 4) is 23.0 Å². The highest BCUT2D eigenvalue weighted by molar-refractivity contribution is 5.75. The van der Waals surface area contributed by atoms with Gasteiger partial charge in [-0.05, 0) is 48.2 Å². The number of hydrogen-bond donors (Lipinski definition) is 0. The first-order valence-corrected chi connectivity index (χ1v) is 8.70. The molecule has 3 heterocycles. The third kappa shape index (κ3) is 2.71. The summed E-state index contributed by atoms with van der Waals surface area (Å²) in [6, 6.07) is 11.8. The lowest BCUT2D eigenvalue weighted by Gasteiger charge is -2.16. The second-order valence-electron chi connectivity index (χ2n) is 6.78. The average molecular weight is 354 g/mol. The summed E-state index contributed by atoms with van der Waals surface area (Å²) in [4.78, 5) is 12.3. The maximum Gasteiger partial charge on any atom is 0.309 e. The molecular weight excluding hydrogens is 336 g/mol. The van der Waals surface area contributed by atoms with Gasteiger partial charge in [-0.1, -0.05) is 12.1 Å². The van der Waals surface area contributed by atoms with Crippen molar-refractivity contribution in [1.29, 1.82) is 0 Å². The summed E-state index contributed by atoms with van der Waals surface area (Å²) >= 11 is 0. The number of carbonyl (C=O) groups is 1. The van der Waals surface area contributed by atoms with Gasteiger partial charge >= 0.3 is 5.97 Å². The van der Waals surface area contributed by atoms with Gasteiger partial charge in [-0.15, -0.1) is 0 Å². The molecule has 3 aliphatic heterocycles. The molecule has 1 saturated heterocycles. The van der Waals surface area contributed by atoms with Crippen molar-refractivity contribution < 1.29 is 28.5 Å². The first-order valence-electron chi connectivity index (χ1n) is 8.70. The Morgan fingerprint density at radius 2 is 1.31 bits per heavy atom. The van der Waals surface area contributed by atoms with E-state index in [1.807, 2.05) is 36.4 Å². The van der Waals surface area contributed by atoms with Crippen LogP contribution in [-0.2, 0) is 22.4 Å². The Hall–Kier alpha value is -2.89. The fourth-order valence-corrected chi connectivity index (χ4v) is 3.75. The SMILES string of the molecule is O=C1OC[C@@H](Cc2ccc3c(c2)OCO3)[C@@H]1Cc1ccc2c(c1)OCO2. The molecule has 5 rings (SSSR count). The first kappa shape index (κ1) is 15.4. The molecular formula is C20H18O6. The Labute approximate surface area is 150 Å². The molecule has 0 unspecified atom stereocenters. The summed E-state index contributed by atoms with van der Waals surface area (Å²) < 4.78 is 26.9. The van der Waals surface area contributed by atoms with Crippen molar-refractivity contribution in [2.45, 2.75) is 12.8 Å². The van der Waals surface area contributed by atoms with Crippen molar-refractivity contribution in [3.05, 3.63) is 47.5 Å². The Morgan fingerprint density at radius 3 is 1.96 bits per heavy atom. The number of ether oxygens (including phenoxy) is 5. The van der Waals surface area contributed by atoms with E-state index in [0.29, 0.717) is 13.0 Å². The Bertz CT molecular complexity index is 861. The van der Waals surface area contributed by atoms with Crippen LogP contribution >= 0.6 is 0 Å². The van der Waals surface area contributed by atoms with E-state index in [9.17, 15) is 4.79 Å². The molecule has 0 aliphatic carbocycles. The zero-order valence-corrected chi connectivity index (χ0v) is 14.1. The monoisotopic (exact) mass is 354 g/mol. The van der Waals surface area contributed by atoms with Gasteiger partial charge in [0, 0.05) is 5.92 Å². The summed E-state index contributed by atoms with van der Waals surface area (Å²) in [6.45, 7) is 0.954. The van der Waals surface area contributed by atoms with E-state index in [4.69, 9.17) is 23.7 Å². The number of cyclic esters (lactones) is 1. The fourth-order valence-electron chi connectivity index (χ4n) is 3.75. The van der Waals surface area contributed by atoms with E-state index in [1.54, 1.807) is 0 Å². The highest BCUT2D eigenvalue weighted by Gasteiger charge is 2.37. The second kappa shape index (κ2) is 6.12. The third-order valence-electron chi connectivity index (χ3n) is 5.14. The molecule has 26 heavy (non-hydrogen) atoms. The lowest BCUT2D eigenvalue weighted by Crippen LogP contribution is -2.20. The number of carbonyl (C=O) groups excluding carboxylic acids is 1. The smallest absolute Gasteiger partial charge is 0.309 e. The van der Waals surface area contributed by atoms with Gasteiger partial charge in [0.15, 0.2) is 23.0 Å². The van der Waals surface area contributed by atoms with Gasteiger partial charge in [0.1, 0.15) is 0 Å². The van der Waals surface area contributed by atoms with E-state index in [-0.39, 0.29) is 31.4 Å². The number of hydrogen-bond acceptors (Lipinski definition) is 6. The molecule has 3 aliphatic rings. The minimum absolute atomic E-state index is 0.131. The van der Waals surface area contributed by atoms with Crippen LogP contribution in [0.3, 0.4) is 0 Å². The largest absolute Gasteiger partial charge is 0.465 e. The maximum absolute atomic E-state index is 12.3. The Balaban J connectivity index is 1.33. The normalized spacial score (nSPS) is 22.5. The van der Waals surface area contributed by atoms with Gasteiger partial charge < -0.3 is 23.7 Å². The van der Waals surface area contributed by atoms with Crippen molar-refractivity contribution in [2.24, 2.45) is 11.8 Å². The maximum atomic E-state index is 12.3. The predicted molar refractivity (Wildman–Crippen MR) is 90.5 cm³/mol. The number of rotatable bonds is 4. The highest BCUT2D eigenvalue weighted by Crippen LogP contribution is 2.37. The second-order valence-corrected chi connectivity index (χ2v) is 6.78. The van der Waals surface area contributed by atoms with Gasteiger partial charge in [-0.25, -0.2) is 0 Å². The van der Waals surface area contributed by atoms with Crippen LogP contribution in [0.2, 0.25) is 0 Å². The van der Waals surface area contributed by atoms with Gasteiger partial charge in [-0.3, -0.25) is 4.79 Å². The van der Waals surface area contributed by atoms with E-state index in [1.165, 1.54) is 0 Å². The number of fused-ring (bicyclic) bond motifs is 2. The summed E-state index contributed by atoms with van der Waals surface area (Å²) in [5.74, 6) is 2.85. The number of benzene rings is 2. The molecule has 2 aromatic rings. The lowest BCUT2D eigenvalue weighted by atomic mass is 9.85. The summed E-state index contributed by atoms with van der Waals surface area (Å²) in [6.07, 6.45) is 1.39. The van der Waals surface area contributed by atoms with Crippen LogP contribution in [0.15, 0.2) is 36.4 Å². The van der Waals surface area contributed by atoms with Crippen LogP contribution in [-0.4, -0.2) is 26.2 Å². The average Bonchev–Trinajstić information content (AvgIpc) is 3.37. The molecule has 2 aromatic carbocycles. The quantitative estimate of drug-likeness (QED) is 0.787. The summed E-state index contributed by atoms with van der Waals surface area (Å²) in [5.41, 5.74) is 2.17. The van der Waals surface area contributed by atoms with Crippen LogP contribution in [0.4, 0.5) is 0 Å². The van der Waals surface area contributed by atoms with Crippen molar-refractivity contribution in [3.63, 3.8) is 0 Å². The predicted octanol–water partition coefficient (Wildman–Crippen LogP) is 2.72. The molecule has 0 N–H and O–H groups in total. The molecule has 2 atom stereocenters. The molecule has 0 radical (unpaired) electrons. The van der Waals surface area contributed by atoms with Crippen LogP contribution in [0.5, 0.6) is 23.0 Å². The van der Waals surface area contributed by atoms with Crippen LogP contribution < -0.4 is 18.9 Å². The van der Waals surface area contributed by atoms with E-state index in [0.717, 1.165) is 40.5 Å². The molecule has 6 nitrogen and oxygen atoms in total. The van der Waals surface area contributed by atoms with Crippen molar-refractivity contribution in [2.75, 3.05) is 20.2 Å². The highest BCUT2D eigenvalue weighted by atomic mass is 16.7. The molecule has 0 amide bonds. The molecule has 0 bridgehead atoms. The molecule has 6 heteroatoms. The van der Waals surface area contributed by atoms with Gasteiger partial charge in [0.05, 0.1) is 12.5 Å². The van der Waals surface area contributed by atoms with Crippen LogP contribution in [0, 0.1) is 11.8 Å². The van der Waals surface area contributed by atoms with Gasteiger partial charge in [0.25, 0.3) is 0 Å². The molecule has 1 fully saturated rings. The minimum Gasteiger partial charge on any atom is -0.465 e. The molecule has 0 spiro atoms. The molecule has 0 aromatic heterocycles. The van der Waals surface area contributed by atoms with E-state index < -0.39 is 0 Å². The van der Waals surface area contributed by atoms with E-state index in [2.05, 4.69) is 0 Å². The first-order chi connectivity index (χ1) is 12.8. The standard InChI is InChI=1S/C20H18O6/c21-20-15(6-13-2-4-17-19(8-13)26-11-24-17)14(9-22-20)5-12-1-3-16-18(7-12)25-10-23-16/h1-4,7-8,14-15H,5-6,9-11H2/t14-,15+/m1/s1. The Morgan fingerprint density at radius 1 is 0.731 bits per heavy atom. The summed E-state index contributed by atoms with van der Waals surface area (Å²) in [5, 5.41) is 0. The lowest BCUT2D eigenvalue weighted by molar-refractivity contribution is -0.141. The van der Waals surface area contributed by atoms with Gasteiger partial charge in [-0.2, -0.15) is 0 Å². The Kier molecular flexibility index (Phi) is 3.62. The number of esters is 1. The zero-order chi connectivity index (χ0) is 17.5. The van der Waals surface area contributed by atoms with Gasteiger partial charge in [0.2, 0.25) is 13.6 Å². The van der Waals surface area contributed by atoms with Crippen molar-refractivity contribution >= 4 is 5.97 Å². The topological polar surface area (TPSA) is 63.2 Å².